The first-order chi connectivity index (χ1) is 13.3. The molecule has 0 spiro atoms. The summed E-state index contributed by atoms with van der Waals surface area (Å²) in [6.45, 7) is 2.48. The van der Waals surface area contributed by atoms with E-state index < -0.39 is 15.6 Å². The molecule has 2 aromatic heterocycles. The molecule has 4 rings (SSSR count). The van der Waals surface area contributed by atoms with E-state index in [0.717, 1.165) is 6.26 Å². The van der Waals surface area contributed by atoms with Crippen molar-refractivity contribution < 1.29 is 13.2 Å². The molecular weight excluding hydrogens is 404 g/mol. The van der Waals surface area contributed by atoms with Gasteiger partial charge >= 0.3 is 0 Å². The van der Waals surface area contributed by atoms with Crippen LogP contribution in [0.15, 0.2) is 18.3 Å². The number of anilines is 2. The van der Waals surface area contributed by atoms with E-state index >= 15 is 0 Å². The second kappa shape index (κ2) is 7.11. The number of pyridine rings is 1. The lowest BCUT2D eigenvalue weighted by atomic mass is 10.1. The van der Waals surface area contributed by atoms with Crippen LogP contribution in [0.4, 0.5) is 11.8 Å². The summed E-state index contributed by atoms with van der Waals surface area (Å²) in [4.78, 5) is 15.5. The van der Waals surface area contributed by atoms with Crippen LogP contribution in [0.25, 0.3) is 11.3 Å². The minimum atomic E-state index is -3.40. The standard InChI is InChI=1S/C17H21ClN6O3S/c1-28(25,26)23-17(2-3-17)14-9-13(11-10-20-15(19)8-12(11)18)21-16(22-14)24-4-6-27-7-5-24/h8-10,23H,2-7H2,1H3,(H2,19,20). The minimum Gasteiger partial charge on any atom is -0.384 e. The summed E-state index contributed by atoms with van der Waals surface area (Å²) < 4.78 is 31.9. The fourth-order valence-electron chi connectivity index (χ4n) is 3.25. The minimum absolute atomic E-state index is 0.314. The number of rotatable bonds is 5. The number of ether oxygens (including phenoxy) is 1. The fraction of sp³-hybridized carbons (Fsp3) is 0.471. The van der Waals surface area contributed by atoms with Crippen LogP contribution in [0.3, 0.4) is 0 Å². The maximum Gasteiger partial charge on any atom is 0.226 e. The predicted molar refractivity (Wildman–Crippen MR) is 107 cm³/mol. The molecule has 0 aromatic carbocycles. The largest absolute Gasteiger partial charge is 0.384 e. The number of halogens is 1. The Kier molecular flexibility index (Phi) is 4.90. The van der Waals surface area contributed by atoms with Gasteiger partial charge in [-0.1, -0.05) is 11.6 Å². The maximum atomic E-state index is 11.9. The fourth-order valence-corrected chi connectivity index (χ4v) is 4.52. The number of nitrogens with zero attached hydrogens (tertiary/aromatic N) is 4. The summed E-state index contributed by atoms with van der Waals surface area (Å²) in [5.41, 5.74) is 6.81. The van der Waals surface area contributed by atoms with Crippen LogP contribution in [0.2, 0.25) is 5.02 Å². The van der Waals surface area contributed by atoms with Crippen LogP contribution in [-0.2, 0) is 20.3 Å². The van der Waals surface area contributed by atoms with Gasteiger partial charge in [-0.3, -0.25) is 0 Å². The van der Waals surface area contributed by atoms with Crippen molar-refractivity contribution in [1.29, 1.82) is 0 Å². The molecule has 0 unspecified atom stereocenters. The maximum absolute atomic E-state index is 11.9. The number of hydrogen-bond acceptors (Lipinski definition) is 8. The van der Waals surface area contributed by atoms with Crippen LogP contribution in [-0.4, -0.2) is 55.9 Å². The van der Waals surface area contributed by atoms with Gasteiger partial charge in [0.25, 0.3) is 0 Å². The molecule has 2 fully saturated rings. The number of nitrogen functional groups attached to an aromatic ring is 1. The van der Waals surface area contributed by atoms with E-state index in [2.05, 4.69) is 14.7 Å². The number of nitrogens with two attached hydrogens (primary N) is 1. The molecule has 3 heterocycles. The zero-order valence-electron chi connectivity index (χ0n) is 15.4. The quantitative estimate of drug-likeness (QED) is 0.732. The molecular formula is C17H21ClN6O3S. The zero-order chi connectivity index (χ0) is 19.9. The second-order valence-electron chi connectivity index (χ2n) is 7.08. The highest BCUT2D eigenvalue weighted by atomic mass is 35.5. The van der Waals surface area contributed by atoms with E-state index in [1.54, 1.807) is 18.3 Å². The van der Waals surface area contributed by atoms with E-state index in [1.807, 2.05) is 4.90 Å². The van der Waals surface area contributed by atoms with Crippen molar-refractivity contribution in [2.75, 3.05) is 43.2 Å². The van der Waals surface area contributed by atoms with Crippen molar-refractivity contribution in [3.05, 3.63) is 29.0 Å². The monoisotopic (exact) mass is 424 g/mol. The van der Waals surface area contributed by atoms with Gasteiger partial charge < -0.3 is 15.4 Å². The topological polar surface area (TPSA) is 123 Å². The summed E-state index contributed by atoms with van der Waals surface area (Å²) >= 11 is 6.37. The van der Waals surface area contributed by atoms with Gasteiger partial charge in [0.05, 0.1) is 41.4 Å². The smallest absolute Gasteiger partial charge is 0.226 e. The molecule has 0 amide bonds. The van der Waals surface area contributed by atoms with Gasteiger partial charge in [0, 0.05) is 24.8 Å². The van der Waals surface area contributed by atoms with Gasteiger partial charge in [-0.15, -0.1) is 0 Å². The van der Waals surface area contributed by atoms with Gasteiger partial charge in [-0.05, 0) is 25.0 Å². The summed E-state index contributed by atoms with van der Waals surface area (Å²) in [5.74, 6) is 0.833. The van der Waals surface area contributed by atoms with E-state index in [4.69, 9.17) is 27.1 Å². The average molecular weight is 425 g/mol. The third-order valence-corrected chi connectivity index (χ3v) is 5.85. The predicted octanol–water partition coefficient (Wildman–Crippen LogP) is 1.15. The van der Waals surface area contributed by atoms with E-state index in [0.29, 0.717) is 72.9 Å². The Morgan fingerprint density at radius 1 is 1.25 bits per heavy atom. The van der Waals surface area contributed by atoms with Crippen molar-refractivity contribution >= 4 is 33.4 Å². The molecule has 0 bridgehead atoms. The Labute approximate surface area is 168 Å². The van der Waals surface area contributed by atoms with Crippen molar-refractivity contribution in [1.82, 2.24) is 19.7 Å². The van der Waals surface area contributed by atoms with Crippen LogP contribution < -0.4 is 15.4 Å². The lowest BCUT2D eigenvalue weighted by Gasteiger charge is -2.28. The summed E-state index contributed by atoms with van der Waals surface area (Å²) in [6.07, 6.45) is 4.06. The normalized spacial score (nSPS) is 18.9. The van der Waals surface area contributed by atoms with Crippen molar-refractivity contribution in [3.63, 3.8) is 0 Å². The molecule has 1 aliphatic carbocycles. The Morgan fingerprint density at radius 2 is 1.96 bits per heavy atom. The molecule has 1 saturated carbocycles. The molecule has 3 N–H and O–H groups in total. The Bertz CT molecular complexity index is 1010. The molecule has 1 aliphatic heterocycles. The van der Waals surface area contributed by atoms with Crippen LogP contribution in [0, 0.1) is 0 Å². The van der Waals surface area contributed by atoms with Gasteiger partial charge in [0.2, 0.25) is 16.0 Å². The summed E-state index contributed by atoms with van der Waals surface area (Å²) in [7, 11) is -3.40. The highest BCUT2D eigenvalue weighted by Crippen LogP contribution is 2.46. The third kappa shape index (κ3) is 4.04. The summed E-state index contributed by atoms with van der Waals surface area (Å²) in [6, 6.07) is 3.34. The molecule has 0 atom stereocenters. The number of sulfonamides is 1. The lowest BCUT2D eigenvalue weighted by Crippen LogP contribution is -2.39. The van der Waals surface area contributed by atoms with Crippen LogP contribution in [0.5, 0.6) is 0 Å². The molecule has 1 saturated heterocycles. The number of aromatic nitrogens is 3. The van der Waals surface area contributed by atoms with E-state index in [9.17, 15) is 8.42 Å². The van der Waals surface area contributed by atoms with Crippen molar-refractivity contribution in [3.8, 4) is 11.3 Å². The summed E-state index contributed by atoms with van der Waals surface area (Å²) in [5, 5.41) is 0.422. The van der Waals surface area contributed by atoms with Gasteiger partial charge in [-0.2, -0.15) is 0 Å². The molecule has 2 aromatic rings. The van der Waals surface area contributed by atoms with E-state index in [-0.39, 0.29) is 0 Å². The Balaban J connectivity index is 1.82. The number of hydrogen-bond donors (Lipinski definition) is 2. The number of morpholine rings is 1. The average Bonchev–Trinajstić information content (AvgIpc) is 3.41. The Hall–Kier alpha value is -2.01. The molecule has 150 valence electrons. The van der Waals surface area contributed by atoms with Crippen LogP contribution in [0.1, 0.15) is 18.5 Å². The first-order valence-electron chi connectivity index (χ1n) is 8.88. The van der Waals surface area contributed by atoms with Gasteiger partial charge in [0.1, 0.15) is 5.82 Å². The first-order valence-corrected chi connectivity index (χ1v) is 11.2. The molecule has 2 aliphatic rings. The third-order valence-electron chi connectivity index (χ3n) is 4.78. The first kappa shape index (κ1) is 19.3. The Morgan fingerprint density at radius 3 is 2.57 bits per heavy atom. The molecule has 11 heteroatoms. The lowest BCUT2D eigenvalue weighted by molar-refractivity contribution is 0.122. The van der Waals surface area contributed by atoms with Gasteiger partial charge in [-0.25, -0.2) is 28.1 Å². The highest BCUT2D eigenvalue weighted by Gasteiger charge is 2.48. The molecule has 28 heavy (non-hydrogen) atoms. The molecule has 0 radical (unpaired) electrons. The zero-order valence-corrected chi connectivity index (χ0v) is 16.9. The van der Waals surface area contributed by atoms with Crippen LogP contribution >= 0.6 is 11.6 Å². The van der Waals surface area contributed by atoms with E-state index in [1.165, 1.54) is 0 Å². The van der Waals surface area contributed by atoms with Crippen molar-refractivity contribution in [2.24, 2.45) is 0 Å². The van der Waals surface area contributed by atoms with Gasteiger partial charge in [0.15, 0.2) is 0 Å². The van der Waals surface area contributed by atoms with Crippen molar-refractivity contribution in [2.45, 2.75) is 18.4 Å². The number of nitrogens with one attached hydrogen (secondary N) is 1. The molecule has 9 nitrogen and oxygen atoms in total. The SMILES string of the molecule is CS(=O)(=O)NC1(c2cc(-c3cnc(N)cc3Cl)nc(N3CCOCC3)n2)CC1. The second-order valence-corrected chi connectivity index (χ2v) is 9.24. The highest BCUT2D eigenvalue weighted by molar-refractivity contribution is 7.88.